The lowest BCUT2D eigenvalue weighted by Gasteiger charge is -2.21. The van der Waals surface area contributed by atoms with Crippen molar-refractivity contribution in [2.45, 2.75) is 25.7 Å². The van der Waals surface area contributed by atoms with Crippen molar-refractivity contribution in [1.82, 2.24) is 0 Å². The van der Waals surface area contributed by atoms with E-state index in [9.17, 15) is 18.0 Å². The third kappa shape index (κ3) is 4.70. The Balaban J connectivity index is 1.87. The molecule has 0 radical (unpaired) electrons. The first-order valence-electron chi connectivity index (χ1n) is 11.4. The summed E-state index contributed by atoms with van der Waals surface area (Å²) in [5.74, 6) is -0.521. The Labute approximate surface area is 209 Å². The highest BCUT2D eigenvalue weighted by molar-refractivity contribution is 7.93. The highest BCUT2D eigenvalue weighted by Crippen LogP contribution is 2.37. The monoisotopic (exact) mass is 507 g/mol. The Morgan fingerprint density at radius 2 is 1.61 bits per heavy atom. The van der Waals surface area contributed by atoms with Crippen molar-refractivity contribution in [3.8, 4) is 17.1 Å². The van der Waals surface area contributed by atoms with Crippen LogP contribution in [0.15, 0.2) is 82.1 Å². The van der Waals surface area contributed by atoms with Gasteiger partial charge in [0.15, 0.2) is 0 Å². The zero-order valence-corrected chi connectivity index (χ0v) is 20.9. The van der Waals surface area contributed by atoms with E-state index in [1.54, 1.807) is 19.1 Å². The topological polar surface area (TPSA) is 103 Å². The maximum atomic E-state index is 13.5. The molecule has 0 spiro atoms. The highest BCUT2D eigenvalue weighted by atomic mass is 32.2. The van der Waals surface area contributed by atoms with E-state index in [0.717, 1.165) is 6.92 Å². The zero-order chi connectivity index (χ0) is 25.9. The van der Waals surface area contributed by atoms with E-state index in [1.807, 2.05) is 25.1 Å². The van der Waals surface area contributed by atoms with Gasteiger partial charge in [0.2, 0.25) is 5.91 Å². The van der Waals surface area contributed by atoms with Gasteiger partial charge in [-0.1, -0.05) is 30.3 Å². The van der Waals surface area contributed by atoms with Crippen LogP contribution in [0.2, 0.25) is 0 Å². The number of rotatable bonds is 8. The molecule has 0 atom stereocenters. The molecule has 3 aromatic carbocycles. The number of hydrogen-bond donors (Lipinski definition) is 0. The minimum Gasteiger partial charge on any atom is -0.494 e. The molecule has 186 valence electrons. The van der Waals surface area contributed by atoms with Gasteiger partial charge in [-0.2, -0.15) is 0 Å². The summed E-state index contributed by atoms with van der Waals surface area (Å²) in [5.41, 5.74) is 1.23. The molecule has 36 heavy (non-hydrogen) atoms. The van der Waals surface area contributed by atoms with Crippen molar-refractivity contribution in [1.29, 1.82) is 0 Å². The predicted molar refractivity (Wildman–Crippen MR) is 136 cm³/mol. The second kappa shape index (κ2) is 10.2. The number of benzene rings is 3. The van der Waals surface area contributed by atoms with Crippen molar-refractivity contribution in [3.05, 3.63) is 78.4 Å². The smallest absolute Gasteiger partial charge is 0.342 e. The van der Waals surface area contributed by atoms with Gasteiger partial charge < -0.3 is 13.9 Å². The highest BCUT2D eigenvalue weighted by Gasteiger charge is 2.31. The van der Waals surface area contributed by atoms with E-state index in [4.69, 9.17) is 13.9 Å². The Bertz CT molecular complexity index is 1510. The van der Waals surface area contributed by atoms with E-state index < -0.39 is 21.9 Å². The number of carbonyl (C=O) groups excluding carboxylic acids is 2. The Kier molecular flexibility index (Phi) is 7.12. The van der Waals surface area contributed by atoms with Gasteiger partial charge in [-0.25, -0.2) is 17.5 Å². The van der Waals surface area contributed by atoms with Crippen molar-refractivity contribution < 1.29 is 31.9 Å². The minimum atomic E-state index is -4.26. The van der Waals surface area contributed by atoms with Crippen molar-refractivity contribution in [3.63, 3.8) is 0 Å². The molecule has 1 aromatic heterocycles. The number of fused-ring (bicyclic) bond motifs is 1. The summed E-state index contributed by atoms with van der Waals surface area (Å²) in [6.45, 7) is 5.25. The maximum Gasteiger partial charge on any atom is 0.342 e. The molecule has 0 unspecified atom stereocenters. The summed E-state index contributed by atoms with van der Waals surface area (Å²) in [5, 5.41) is 0.331. The Morgan fingerprint density at radius 1 is 0.917 bits per heavy atom. The van der Waals surface area contributed by atoms with Crippen LogP contribution in [-0.2, 0) is 19.6 Å². The lowest BCUT2D eigenvalue weighted by Crippen LogP contribution is -2.35. The van der Waals surface area contributed by atoms with Crippen molar-refractivity contribution >= 4 is 38.6 Å². The fourth-order valence-electron chi connectivity index (χ4n) is 3.88. The zero-order valence-electron chi connectivity index (χ0n) is 20.1. The number of sulfonamides is 1. The minimum absolute atomic E-state index is 0.0647. The van der Waals surface area contributed by atoms with E-state index >= 15 is 0 Å². The molecule has 4 rings (SSSR count). The van der Waals surface area contributed by atoms with Crippen LogP contribution in [0.5, 0.6) is 5.75 Å². The third-order valence-corrected chi connectivity index (χ3v) is 7.20. The van der Waals surface area contributed by atoms with E-state index in [1.165, 1.54) is 42.5 Å². The molecule has 1 heterocycles. The number of hydrogen-bond acceptors (Lipinski definition) is 7. The lowest BCUT2D eigenvalue weighted by atomic mass is 10.1. The molecule has 8 nitrogen and oxygen atoms in total. The first kappa shape index (κ1) is 25.0. The fraction of sp³-hybridized carbons (Fsp3) is 0.185. The van der Waals surface area contributed by atoms with Gasteiger partial charge in [-0.05, 0) is 56.3 Å². The first-order valence-corrected chi connectivity index (χ1v) is 12.8. The molecule has 0 aliphatic rings. The summed E-state index contributed by atoms with van der Waals surface area (Å²) in [6, 6.07) is 19.3. The van der Waals surface area contributed by atoms with Gasteiger partial charge in [0.25, 0.3) is 10.0 Å². The van der Waals surface area contributed by atoms with Gasteiger partial charge in [-0.3, -0.25) is 4.79 Å². The van der Waals surface area contributed by atoms with Crippen LogP contribution in [0.4, 0.5) is 5.69 Å². The van der Waals surface area contributed by atoms with Crippen molar-refractivity contribution in [2.24, 2.45) is 0 Å². The third-order valence-electron chi connectivity index (χ3n) is 5.38. The van der Waals surface area contributed by atoms with E-state index in [0.29, 0.717) is 39.0 Å². The molecule has 0 aliphatic heterocycles. The molecule has 0 saturated carbocycles. The number of anilines is 1. The summed E-state index contributed by atoms with van der Waals surface area (Å²) >= 11 is 0. The van der Waals surface area contributed by atoms with Gasteiger partial charge in [-0.15, -0.1) is 0 Å². The quantitative estimate of drug-likeness (QED) is 0.294. The number of ether oxygens (including phenoxy) is 2. The van der Waals surface area contributed by atoms with Gasteiger partial charge in [0.1, 0.15) is 22.7 Å². The predicted octanol–water partition coefficient (Wildman–Crippen LogP) is 5.42. The number of esters is 1. The largest absolute Gasteiger partial charge is 0.494 e. The molecule has 0 fully saturated rings. The van der Waals surface area contributed by atoms with E-state index in [2.05, 4.69) is 0 Å². The van der Waals surface area contributed by atoms with E-state index in [-0.39, 0.29) is 22.8 Å². The number of carbonyl (C=O) groups is 2. The fourth-order valence-corrected chi connectivity index (χ4v) is 5.30. The standard InChI is InChI=1S/C27H25NO7S/c1-4-33-21-12-14-22(15-13-21)36(31,32)28(18(3)29)20-11-16-24-23(17-20)25(27(30)34-5-2)26(35-24)19-9-7-6-8-10-19/h6-17H,4-5H2,1-3H3. The number of nitrogens with zero attached hydrogens (tertiary/aromatic N) is 1. The summed E-state index contributed by atoms with van der Waals surface area (Å²) in [7, 11) is -4.26. The second-order valence-electron chi connectivity index (χ2n) is 7.77. The Hall–Kier alpha value is -4.11. The Morgan fingerprint density at radius 3 is 2.22 bits per heavy atom. The van der Waals surface area contributed by atoms with Crippen LogP contribution >= 0.6 is 0 Å². The van der Waals surface area contributed by atoms with Crippen molar-refractivity contribution in [2.75, 3.05) is 17.5 Å². The van der Waals surface area contributed by atoms with Gasteiger partial charge >= 0.3 is 5.97 Å². The lowest BCUT2D eigenvalue weighted by molar-refractivity contribution is -0.115. The normalized spacial score (nSPS) is 11.3. The molecule has 9 heteroatoms. The molecular formula is C27H25NO7S. The molecule has 0 N–H and O–H groups in total. The average Bonchev–Trinajstić information content (AvgIpc) is 3.24. The van der Waals surface area contributed by atoms with Crippen LogP contribution in [0.25, 0.3) is 22.3 Å². The summed E-state index contributed by atoms with van der Waals surface area (Å²) in [4.78, 5) is 25.5. The SMILES string of the molecule is CCOC(=O)c1c(-c2ccccc2)oc2ccc(N(C(C)=O)S(=O)(=O)c3ccc(OCC)cc3)cc12. The molecule has 0 bridgehead atoms. The summed E-state index contributed by atoms with van der Waals surface area (Å²) < 4.78 is 44.3. The maximum absolute atomic E-state index is 13.5. The molecule has 1 amide bonds. The van der Waals surface area contributed by atoms with Crippen LogP contribution in [0, 0.1) is 0 Å². The van der Waals surface area contributed by atoms with Crippen LogP contribution in [0.3, 0.4) is 0 Å². The molecule has 4 aromatic rings. The molecule has 0 saturated heterocycles. The van der Waals surface area contributed by atoms with Crippen LogP contribution < -0.4 is 9.04 Å². The summed E-state index contributed by atoms with van der Waals surface area (Å²) in [6.07, 6.45) is 0. The number of furan rings is 1. The van der Waals surface area contributed by atoms with Crippen LogP contribution in [-0.4, -0.2) is 33.5 Å². The molecular weight excluding hydrogens is 482 g/mol. The van der Waals surface area contributed by atoms with Gasteiger partial charge in [0, 0.05) is 17.9 Å². The molecule has 0 aliphatic carbocycles. The van der Waals surface area contributed by atoms with Crippen LogP contribution in [0.1, 0.15) is 31.1 Å². The second-order valence-corrected chi connectivity index (χ2v) is 9.55. The van der Waals surface area contributed by atoms with Gasteiger partial charge in [0.05, 0.1) is 23.8 Å². The number of amides is 1. The average molecular weight is 508 g/mol. The first-order chi connectivity index (χ1) is 17.3.